The van der Waals surface area contributed by atoms with Gasteiger partial charge in [0.1, 0.15) is 0 Å². The minimum atomic E-state index is -0.478. The molecule has 0 unspecified atom stereocenters. The normalized spacial score (nSPS) is 26.4. The molecule has 1 aliphatic carbocycles. The Bertz CT molecular complexity index is 697. The standard InChI is InChI=1S/C25H40N4O2/c1-25(2,29-16-18-31-19-17-29)24(30)27-23-9-8-22(23)26-21-11-14-28(15-12-21)13-10-20-6-4-3-5-7-20/h3-7,21-23,26H,8-19H2,1-2H3,(H,27,30)/t22-,23+/m1/s1. The summed E-state index contributed by atoms with van der Waals surface area (Å²) in [7, 11) is 0. The van der Waals surface area contributed by atoms with Gasteiger partial charge in [-0.05, 0) is 64.6 Å². The molecule has 2 atom stereocenters. The van der Waals surface area contributed by atoms with Crippen LogP contribution in [0.3, 0.4) is 0 Å². The van der Waals surface area contributed by atoms with Crippen molar-refractivity contribution in [2.75, 3.05) is 45.9 Å². The highest BCUT2D eigenvalue weighted by atomic mass is 16.5. The molecule has 1 saturated carbocycles. The molecule has 3 aliphatic rings. The minimum Gasteiger partial charge on any atom is -0.379 e. The van der Waals surface area contributed by atoms with Gasteiger partial charge in [-0.3, -0.25) is 9.69 Å². The van der Waals surface area contributed by atoms with Crippen LogP contribution in [0.5, 0.6) is 0 Å². The maximum absolute atomic E-state index is 13.0. The molecule has 0 aromatic heterocycles. The predicted molar refractivity (Wildman–Crippen MR) is 124 cm³/mol. The Hall–Kier alpha value is -1.47. The van der Waals surface area contributed by atoms with Gasteiger partial charge in [-0.1, -0.05) is 30.3 Å². The van der Waals surface area contributed by atoms with Crippen molar-refractivity contribution in [3.63, 3.8) is 0 Å². The molecule has 1 aromatic rings. The van der Waals surface area contributed by atoms with Crippen molar-refractivity contribution >= 4 is 5.91 Å². The van der Waals surface area contributed by atoms with Crippen LogP contribution in [0.25, 0.3) is 0 Å². The molecular weight excluding hydrogens is 388 g/mol. The maximum Gasteiger partial charge on any atom is 0.240 e. The van der Waals surface area contributed by atoms with Crippen LogP contribution in [0, 0.1) is 0 Å². The molecule has 2 N–H and O–H groups in total. The SMILES string of the molecule is CC(C)(C(=O)N[C@H]1CC[C@H]1NC1CCN(CCc2ccccc2)CC1)N1CCOCC1. The summed E-state index contributed by atoms with van der Waals surface area (Å²) in [5.74, 6) is 0.154. The molecule has 172 valence electrons. The predicted octanol–water partition coefficient (Wildman–Crippen LogP) is 2.04. The molecule has 31 heavy (non-hydrogen) atoms. The second-order valence-corrected chi connectivity index (χ2v) is 9.94. The van der Waals surface area contributed by atoms with Crippen molar-refractivity contribution in [2.24, 2.45) is 0 Å². The zero-order valence-electron chi connectivity index (χ0n) is 19.3. The van der Waals surface area contributed by atoms with Crippen LogP contribution in [-0.2, 0) is 16.0 Å². The fourth-order valence-electron chi connectivity index (χ4n) is 5.04. The Morgan fingerprint density at radius 1 is 1.00 bits per heavy atom. The summed E-state index contributed by atoms with van der Waals surface area (Å²) < 4.78 is 5.45. The highest BCUT2D eigenvalue weighted by Gasteiger charge is 2.40. The molecule has 2 aliphatic heterocycles. The lowest BCUT2D eigenvalue weighted by atomic mass is 9.84. The van der Waals surface area contributed by atoms with Crippen LogP contribution < -0.4 is 10.6 Å². The second kappa shape index (κ2) is 10.4. The summed E-state index contributed by atoms with van der Waals surface area (Å²) in [5, 5.41) is 7.21. The molecule has 2 heterocycles. The Kier molecular flexibility index (Phi) is 7.64. The van der Waals surface area contributed by atoms with Gasteiger partial charge in [-0.2, -0.15) is 0 Å². The largest absolute Gasteiger partial charge is 0.379 e. The first kappa shape index (κ1) is 22.7. The van der Waals surface area contributed by atoms with Crippen molar-refractivity contribution in [2.45, 2.75) is 69.6 Å². The van der Waals surface area contributed by atoms with E-state index in [0.717, 1.165) is 52.0 Å². The van der Waals surface area contributed by atoms with Crippen LogP contribution in [0.4, 0.5) is 0 Å². The summed E-state index contributed by atoms with van der Waals surface area (Å²) in [5.41, 5.74) is 0.949. The summed E-state index contributed by atoms with van der Waals surface area (Å²) >= 11 is 0. The van der Waals surface area contributed by atoms with Crippen molar-refractivity contribution in [3.8, 4) is 0 Å². The zero-order chi connectivity index (χ0) is 21.7. The van der Waals surface area contributed by atoms with Gasteiger partial charge in [0.05, 0.1) is 18.8 Å². The van der Waals surface area contributed by atoms with E-state index >= 15 is 0 Å². The highest BCUT2D eigenvalue weighted by Crippen LogP contribution is 2.25. The molecule has 3 fully saturated rings. The lowest BCUT2D eigenvalue weighted by Gasteiger charge is -2.45. The van der Waals surface area contributed by atoms with Crippen LogP contribution in [0.15, 0.2) is 30.3 Å². The smallest absolute Gasteiger partial charge is 0.240 e. The molecule has 1 aromatic carbocycles. The number of nitrogens with one attached hydrogen (secondary N) is 2. The molecule has 6 heteroatoms. The van der Waals surface area contributed by atoms with E-state index in [1.54, 1.807) is 0 Å². The highest BCUT2D eigenvalue weighted by molar-refractivity contribution is 5.85. The van der Waals surface area contributed by atoms with Gasteiger partial charge in [0.25, 0.3) is 0 Å². The fourth-order valence-corrected chi connectivity index (χ4v) is 5.04. The summed E-state index contributed by atoms with van der Waals surface area (Å²) in [4.78, 5) is 17.9. The van der Waals surface area contributed by atoms with E-state index in [1.807, 2.05) is 13.8 Å². The van der Waals surface area contributed by atoms with Crippen molar-refractivity contribution in [1.82, 2.24) is 20.4 Å². The van der Waals surface area contributed by atoms with E-state index in [4.69, 9.17) is 4.74 Å². The minimum absolute atomic E-state index is 0.154. The van der Waals surface area contributed by atoms with Gasteiger partial charge in [-0.15, -0.1) is 0 Å². The molecule has 0 radical (unpaired) electrons. The van der Waals surface area contributed by atoms with Crippen LogP contribution in [-0.4, -0.2) is 85.3 Å². The van der Waals surface area contributed by atoms with E-state index in [-0.39, 0.29) is 11.9 Å². The first-order valence-electron chi connectivity index (χ1n) is 12.2. The average molecular weight is 429 g/mol. The molecule has 0 bridgehead atoms. The van der Waals surface area contributed by atoms with E-state index in [2.05, 4.69) is 50.8 Å². The maximum atomic E-state index is 13.0. The Labute approximate surface area is 187 Å². The lowest BCUT2D eigenvalue weighted by molar-refractivity contribution is -0.136. The van der Waals surface area contributed by atoms with Crippen molar-refractivity contribution < 1.29 is 9.53 Å². The Balaban J connectivity index is 1.17. The number of hydrogen-bond acceptors (Lipinski definition) is 5. The number of amides is 1. The number of rotatable bonds is 8. The summed E-state index contributed by atoms with van der Waals surface area (Å²) in [6.45, 7) is 10.7. The van der Waals surface area contributed by atoms with Gasteiger partial charge in [0, 0.05) is 37.8 Å². The third kappa shape index (κ3) is 5.86. The van der Waals surface area contributed by atoms with Gasteiger partial charge in [-0.25, -0.2) is 0 Å². The monoisotopic (exact) mass is 428 g/mol. The number of piperidine rings is 1. The first-order chi connectivity index (χ1) is 15.0. The first-order valence-corrected chi connectivity index (χ1v) is 12.2. The van der Waals surface area contributed by atoms with E-state index in [0.29, 0.717) is 25.3 Å². The van der Waals surface area contributed by atoms with Crippen LogP contribution in [0.2, 0.25) is 0 Å². The lowest BCUT2D eigenvalue weighted by Crippen LogP contribution is -2.65. The molecule has 6 nitrogen and oxygen atoms in total. The summed E-state index contributed by atoms with van der Waals surface area (Å²) in [6, 6.07) is 12.0. The van der Waals surface area contributed by atoms with Crippen LogP contribution >= 0.6 is 0 Å². The number of hydrogen-bond donors (Lipinski definition) is 2. The molecule has 1 amide bonds. The fraction of sp³-hybridized carbons (Fsp3) is 0.720. The number of carbonyl (C=O) groups excluding carboxylic acids is 1. The van der Waals surface area contributed by atoms with E-state index in [1.165, 1.54) is 18.4 Å². The third-order valence-corrected chi connectivity index (χ3v) is 7.55. The quantitative estimate of drug-likeness (QED) is 0.664. The van der Waals surface area contributed by atoms with Gasteiger partial charge >= 0.3 is 0 Å². The molecule has 0 spiro atoms. The Morgan fingerprint density at radius 2 is 1.68 bits per heavy atom. The molecule has 4 rings (SSSR count). The van der Waals surface area contributed by atoms with E-state index < -0.39 is 5.54 Å². The van der Waals surface area contributed by atoms with Gasteiger partial charge < -0.3 is 20.3 Å². The number of ether oxygens (including phenoxy) is 1. The van der Waals surface area contributed by atoms with Gasteiger partial charge in [0.15, 0.2) is 0 Å². The topological polar surface area (TPSA) is 56.8 Å². The number of likely N-dealkylation sites (tertiary alicyclic amines) is 1. The van der Waals surface area contributed by atoms with Crippen molar-refractivity contribution in [3.05, 3.63) is 35.9 Å². The average Bonchev–Trinajstić information content (AvgIpc) is 2.80. The van der Waals surface area contributed by atoms with E-state index in [9.17, 15) is 4.79 Å². The number of benzene rings is 1. The number of carbonyl (C=O) groups is 1. The van der Waals surface area contributed by atoms with Gasteiger partial charge in [0.2, 0.25) is 5.91 Å². The third-order valence-electron chi connectivity index (χ3n) is 7.55. The zero-order valence-corrected chi connectivity index (χ0v) is 19.3. The molecular formula is C25H40N4O2. The number of nitrogens with zero attached hydrogens (tertiary/aromatic N) is 2. The Morgan fingerprint density at radius 3 is 2.32 bits per heavy atom. The number of morpholine rings is 1. The van der Waals surface area contributed by atoms with Crippen molar-refractivity contribution in [1.29, 1.82) is 0 Å². The van der Waals surface area contributed by atoms with Crippen LogP contribution in [0.1, 0.15) is 45.1 Å². The summed E-state index contributed by atoms with van der Waals surface area (Å²) in [6.07, 6.45) is 5.78. The molecule has 2 saturated heterocycles. The second-order valence-electron chi connectivity index (χ2n) is 9.94.